The predicted molar refractivity (Wildman–Crippen MR) is 86.3 cm³/mol. The second-order valence-corrected chi connectivity index (χ2v) is 5.64. The minimum atomic E-state index is -1.01. The summed E-state index contributed by atoms with van der Waals surface area (Å²) in [4.78, 5) is 15.6. The first-order valence-electron chi connectivity index (χ1n) is 7.32. The number of nitrogens with zero attached hydrogens (tertiary/aromatic N) is 2. The van der Waals surface area contributed by atoms with E-state index in [0.29, 0.717) is 16.7 Å². The monoisotopic (exact) mass is 326 g/mol. The summed E-state index contributed by atoms with van der Waals surface area (Å²) >= 11 is 0. The molecule has 0 saturated heterocycles. The van der Waals surface area contributed by atoms with Gasteiger partial charge in [-0.15, -0.1) is 0 Å². The van der Waals surface area contributed by atoms with Crippen LogP contribution in [0.15, 0.2) is 34.9 Å². The largest absolute Gasteiger partial charge is 0.478 e. The number of aromatic nitrogens is 2. The van der Waals surface area contributed by atoms with Crippen molar-refractivity contribution in [2.24, 2.45) is 0 Å². The van der Waals surface area contributed by atoms with Crippen LogP contribution in [-0.2, 0) is 0 Å². The first-order valence-corrected chi connectivity index (χ1v) is 7.32. The molecule has 0 unspecified atom stereocenters. The Balaban J connectivity index is 2.09. The van der Waals surface area contributed by atoms with Crippen molar-refractivity contribution in [3.8, 4) is 22.8 Å². The summed E-state index contributed by atoms with van der Waals surface area (Å²) in [5.41, 5.74) is 2.94. The minimum absolute atomic E-state index is 0.0550. The molecule has 0 spiro atoms. The molecule has 3 aromatic rings. The van der Waals surface area contributed by atoms with Crippen LogP contribution in [0.5, 0.6) is 0 Å². The number of halogens is 1. The highest BCUT2D eigenvalue weighted by Crippen LogP contribution is 2.29. The third-order valence-electron chi connectivity index (χ3n) is 3.91. The van der Waals surface area contributed by atoms with Gasteiger partial charge >= 0.3 is 5.97 Å². The maximum absolute atomic E-state index is 14.0. The number of rotatable bonds is 3. The first-order chi connectivity index (χ1) is 11.4. The molecule has 2 aromatic carbocycles. The normalized spacial score (nSPS) is 10.8. The van der Waals surface area contributed by atoms with E-state index >= 15 is 0 Å². The smallest absolute Gasteiger partial charge is 0.336 e. The van der Waals surface area contributed by atoms with Crippen LogP contribution in [0.1, 0.15) is 27.0 Å². The number of carboxylic acid groups (broad SMARTS) is 1. The quantitative estimate of drug-likeness (QED) is 0.782. The molecule has 0 aliphatic carbocycles. The van der Waals surface area contributed by atoms with Crippen LogP contribution in [0.4, 0.5) is 4.39 Å². The maximum atomic E-state index is 14.0. The van der Waals surface area contributed by atoms with Gasteiger partial charge in [0.15, 0.2) is 0 Å². The molecule has 0 bridgehead atoms. The maximum Gasteiger partial charge on any atom is 0.336 e. The van der Waals surface area contributed by atoms with Crippen molar-refractivity contribution in [1.29, 1.82) is 0 Å². The average molecular weight is 326 g/mol. The molecule has 122 valence electrons. The lowest BCUT2D eigenvalue weighted by molar-refractivity contribution is 0.0695. The molecule has 0 aliphatic heterocycles. The third-order valence-corrected chi connectivity index (χ3v) is 3.91. The van der Waals surface area contributed by atoms with Crippen molar-refractivity contribution in [3.05, 3.63) is 58.4 Å². The molecular formula is C18H15FN2O3. The van der Waals surface area contributed by atoms with E-state index in [9.17, 15) is 14.3 Å². The van der Waals surface area contributed by atoms with Crippen molar-refractivity contribution in [2.75, 3.05) is 0 Å². The van der Waals surface area contributed by atoms with Gasteiger partial charge in [0.2, 0.25) is 5.82 Å². The second-order valence-electron chi connectivity index (χ2n) is 5.64. The van der Waals surface area contributed by atoms with Gasteiger partial charge in [0, 0.05) is 5.56 Å². The Bertz CT molecular complexity index is 947. The summed E-state index contributed by atoms with van der Waals surface area (Å²) in [6, 6.07) is 8.14. The van der Waals surface area contributed by atoms with Crippen LogP contribution in [0.2, 0.25) is 0 Å². The topological polar surface area (TPSA) is 76.2 Å². The molecular weight excluding hydrogens is 311 g/mol. The van der Waals surface area contributed by atoms with E-state index in [2.05, 4.69) is 10.1 Å². The Kier molecular flexibility index (Phi) is 3.89. The highest BCUT2D eigenvalue weighted by Gasteiger charge is 2.19. The lowest BCUT2D eigenvalue weighted by Gasteiger charge is -2.08. The molecule has 1 aromatic heterocycles. The van der Waals surface area contributed by atoms with Crippen LogP contribution in [0.25, 0.3) is 22.8 Å². The van der Waals surface area contributed by atoms with Gasteiger partial charge in [-0.05, 0) is 49.6 Å². The summed E-state index contributed by atoms with van der Waals surface area (Å²) in [7, 11) is 0. The van der Waals surface area contributed by atoms with Crippen molar-refractivity contribution in [2.45, 2.75) is 20.8 Å². The Morgan fingerprint density at radius 3 is 2.50 bits per heavy atom. The molecule has 3 rings (SSSR count). The van der Waals surface area contributed by atoms with Crippen molar-refractivity contribution in [1.82, 2.24) is 10.1 Å². The van der Waals surface area contributed by atoms with Gasteiger partial charge in [0.1, 0.15) is 5.82 Å². The van der Waals surface area contributed by atoms with Gasteiger partial charge in [-0.25, -0.2) is 9.18 Å². The van der Waals surface area contributed by atoms with Crippen molar-refractivity contribution < 1.29 is 18.8 Å². The van der Waals surface area contributed by atoms with Gasteiger partial charge in [0.05, 0.1) is 11.1 Å². The molecule has 5 nitrogen and oxygen atoms in total. The van der Waals surface area contributed by atoms with Crippen LogP contribution >= 0.6 is 0 Å². The van der Waals surface area contributed by atoms with E-state index in [-0.39, 0.29) is 22.8 Å². The first kappa shape index (κ1) is 15.9. The average Bonchev–Trinajstić information content (AvgIpc) is 2.96. The van der Waals surface area contributed by atoms with E-state index in [4.69, 9.17) is 4.52 Å². The Hall–Kier alpha value is -3.02. The van der Waals surface area contributed by atoms with E-state index in [1.165, 1.54) is 6.07 Å². The van der Waals surface area contributed by atoms with Crippen LogP contribution in [0, 0.1) is 26.6 Å². The third kappa shape index (κ3) is 2.67. The zero-order valence-corrected chi connectivity index (χ0v) is 13.4. The number of hydrogen-bond donors (Lipinski definition) is 1. The van der Waals surface area contributed by atoms with Gasteiger partial charge in [0.25, 0.3) is 5.89 Å². The van der Waals surface area contributed by atoms with Gasteiger partial charge in [-0.3, -0.25) is 0 Å². The summed E-state index contributed by atoms with van der Waals surface area (Å²) in [6.07, 6.45) is 0. The van der Waals surface area contributed by atoms with Crippen LogP contribution in [0.3, 0.4) is 0 Å². The fourth-order valence-electron chi connectivity index (χ4n) is 2.65. The molecule has 24 heavy (non-hydrogen) atoms. The number of carbonyl (C=O) groups is 1. The zero-order chi connectivity index (χ0) is 17.4. The summed E-state index contributed by atoms with van der Waals surface area (Å²) < 4.78 is 19.2. The summed E-state index contributed by atoms with van der Waals surface area (Å²) in [6.45, 7) is 5.20. The Morgan fingerprint density at radius 2 is 1.83 bits per heavy atom. The number of carboxylic acids is 1. The van der Waals surface area contributed by atoms with Crippen molar-refractivity contribution >= 4 is 5.97 Å². The molecule has 0 saturated carbocycles. The molecule has 0 aliphatic rings. The fraction of sp³-hybridized carbons (Fsp3) is 0.167. The molecule has 6 heteroatoms. The van der Waals surface area contributed by atoms with E-state index in [1.54, 1.807) is 45.0 Å². The number of aromatic carboxylic acids is 1. The zero-order valence-electron chi connectivity index (χ0n) is 13.4. The SMILES string of the molecule is Cc1ccc(-c2nc(-c3ccc(C)c(C(=O)O)c3C)no2)c(F)c1. The fourth-order valence-corrected chi connectivity index (χ4v) is 2.65. The van der Waals surface area contributed by atoms with Crippen LogP contribution in [-0.4, -0.2) is 21.2 Å². The highest BCUT2D eigenvalue weighted by molar-refractivity contribution is 5.93. The van der Waals surface area contributed by atoms with Crippen molar-refractivity contribution in [3.63, 3.8) is 0 Å². The molecule has 0 atom stereocenters. The minimum Gasteiger partial charge on any atom is -0.478 e. The number of aryl methyl sites for hydroxylation is 2. The standard InChI is InChI=1S/C18H15FN2O3/c1-9-4-6-13(14(19)8-9)17-20-16(21-24-17)12-7-5-10(2)15(11(12)3)18(22)23/h4-8H,1-3H3,(H,22,23). The molecule has 0 fully saturated rings. The van der Waals surface area contributed by atoms with Gasteiger partial charge in [-0.2, -0.15) is 4.98 Å². The second kappa shape index (κ2) is 5.88. The summed E-state index contributed by atoms with van der Waals surface area (Å²) in [5.74, 6) is -1.18. The van der Waals surface area contributed by atoms with E-state index < -0.39 is 11.8 Å². The van der Waals surface area contributed by atoms with Gasteiger partial charge < -0.3 is 9.63 Å². The molecule has 0 amide bonds. The predicted octanol–water partition coefficient (Wildman–Crippen LogP) is 4.17. The molecule has 1 N–H and O–H groups in total. The lowest BCUT2D eigenvalue weighted by atomic mass is 9.97. The molecule has 0 radical (unpaired) electrons. The van der Waals surface area contributed by atoms with E-state index in [0.717, 1.165) is 5.56 Å². The lowest BCUT2D eigenvalue weighted by Crippen LogP contribution is -2.04. The molecule has 1 heterocycles. The summed E-state index contributed by atoms with van der Waals surface area (Å²) in [5, 5.41) is 13.2. The Labute approximate surface area is 137 Å². The van der Waals surface area contributed by atoms with Crippen LogP contribution < -0.4 is 0 Å². The number of hydrogen-bond acceptors (Lipinski definition) is 4. The Morgan fingerprint density at radius 1 is 1.12 bits per heavy atom. The highest BCUT2D eigenvalue weighted by atomic mass is 19.1. The van der Waals surface area contributed by atoms with Gasteiger partial charge in [-0.1, -0.05) is 23.4 Å². The number of benzene rings is 2. The van der Waals surface area contributed by atoms with E-state index in [1.807, 2.05) is 0 Å².